The molecule has 0 unspecified atom stereocenters. The highest BCUT2D eigenvalue weighted by Gasteiger charge is 2.24. The first-order chi connectivity index (χ1) is 12.4. The number of ether oxygens (including phenoxy) is 1. The van der Waals surface area contributed by atoms with Gasteiger partial charge in [0.15, 0.2) is 5.82 Å². The third kappa shape index (κ3) is 3.10. The van der Waals surface area contributed by atoms with Gasteiger partial charge in [0, 0.05) is 18.4 Å². The Hall–Kier alpha value is -3.36. The lowest BCUT2D eigenvalue weighted by atomic mass is 10.2. The van der Waals surface area contributed by atoms with E-state index in [4.69, 9.17) is 4.74 Å². The van der Waals surface area contributed by atoms with Crippen LogP contribution in [0.2, 0.25) is 0 Å². The van der Waals surface area contributed by atoms with E-state index in [9.17, 15) is 9.90 Å². The Morgan fingerprint density at radius 1 is 1.35 bits per heavy atom. The van der Waals surface area contributed by atoms with Crippen LogP contribution in [0.15, 0.2) is 30.6 Å². The molecule has 0 atom stereocenters. The number of rotatable bonds is 5. The van der Waals surface area contributed by atoms with Crippen molar-refractivity contribution >= 4 is 29.2 Å². The fraction of sp³-hybridized carbons (Fsp3) is 0.294. The minimum Gasteiger partial charge on any atom is -0.495 e. The first kappa shape index (κ1) is 17.5. The molecular weight excluding hydrogens is 336 g/mol. The van der Waals surface area contributed by atoms with Gasteiger partial charge in [0.05, 0.1) is 12.8 Å². The van der Waals surface area contributed by atoms with E-state index in [0.29, 0.717) is 17.2 Å². The molecule has 2 heterocycles. The summed E-state index contributed by atoms with van der Waals surface area (Å²) in [7, 11) is 1.59. The molecule has 1 amide bonds. The van der Waals surface area contributed by atoms with Gasteiger partial charge in [-0.15, -0.1) is 10.2 Å². The van der Waals surface area contributed by atoms with Crippen LogP contribution in [0, 0.1) is 6.92 Å². The molecule has 0 aliphatic heterocycles. The summed E-state index contributed by atoms with van der Waals surface area (Å²) in [5, 5.41) is 20.8. The van der Waals surface area contributed by atoms with Crippen molar-refractivity contribution in [1.29, 1.82) is 0 Å². The fourth-order valence-electron chi connectivity index (χ4n) is 2.65. The Morgan fingerprint density at radius 2 is 2.12 bits per heavy atom. The normalized spacial score (nSPS) is 11.0. The summed E-state index contributed by atoms with van der Waals surface area (Å²) in [4.78, 5) is 17.0. The second-order valence-corrected chi connectivity index (χ2v) is 6.04. The number of benzene rings is 1. The Kier molecular flexibility index (Phi) is 4.61. The Bertz CT molecular complexity index is 953. The van der Waals surface area contributed by atoms with Crippen molar-refractivity contribution < 1.29 is 14.6 Å². The Balaban J connectivity index is 2.07. The Labute approximate surface area is 150 Å². The molecule has 0 radical (unpaired) electrons. The predicted octanol–water partition coefficient (Wildman–Crippen LogP) is 3.08. The van der Waals surface area contributed by atoms with E-state index >= 15 is 0 Å². The zero-order chi connectivity index (χ0) is 18.8. The lowest BCUT2D eigenvalue weighted by Crippen LogP contribution is -2.37. The van der Waals surface area contributed by atoms with E-state index in [-0.39, 0.29) is 12.0 Å². The largest absolute Gasteiger partial charge is 0.495 e. The molecule has 2 aromatic heterocycles. The molecule has 26 heavy (non-hydrogen) atoms. The van der Waals surface area contributed by atoms with Crippen LogP contribution in [0.5, 0.6) is 5.75 Å². The van der Waals surface area contributed by atoms with Gasteiger partial charge >= 0.3 is 6.09 Å². The predicted molar refractivity (Wildman–Crippen MR) is 97.4 cm³/mol. The van der Waals surface area contributed by atoms with Crippen LogP contribution in [0.4, 0.5) is 22.2 Å². The van der Waals surface area contributed by atoms with Gasteiger partial charge < -0.3 is 15.2 Å². The fourth-order valence-corrected chi connectivity index (χ4v) is 2.65. The van der Waals surface area contributed by atoms with E-state index in [2.05, 4.69) is 20.5 Å². The monoisotopic (exact) mass is 356 g/mol. The number of amides is 1. The molecule has 136 valence electrons. The molecule has 0 fully saturated rings. The standard InChI is InChI=1S/C17H20N6O3/c1-10(2)23(17(24)25)16-21-20-15-14(18-7-8-22(15)16)19-12-9-11(3)5-6-13(12)26-4/h5-10H,1-4H3,(H,18,19)(H,24,25). The third-order valence-electron chi connectivity index (χ3n) is 3.85. The molecule has 0 saturated heterocycles. The molecule has 2 N–H and O–H groups in total. The smallest absolute Gasteiger partial charge is 0.414 e. The number of hydrogen-bond donors (Lipinski definition) is 2. The van der Waals surface area contributed by atoms with Gasteiger partial charge in [-0.25, -0.2) is 14.7 Å². The molecule has 3 rings (SSSR count). The highest BCUT2D eigenvalue weighted by Crippen LogP contribution is 2.29. The maximum atomic E-state index is 11.6. The van der Waals surface area contributed by atoms with Crippen LogP contribution in [-0.2, 0) is 0 Å². The topological polar surface area (TPSA) is 105 Å². The molecular formula is C17H20N6O3. The lowest BCUT2D eigenvalue weighted by molar-refractivity contribution is 0.199. The molecule has 9 heteroatoms. The summed E-state index contributed by atoms with van der Waals surface area (Å²) < 4.78 is 6.96. The van der Waals surface area contributed by atoms with E-state index in [1.165, 1.54) is 0 Å². The highest BCUT2D eigenvalue weighted by atomic mass is 16.5. The summed E-state index contributed by atoms with van der Waals surface area (Å²) in [6, 6.07) is 5.44. The average Bonchev–Trinajstić information content (AvgIpc) is 2.99. The zero-order valence-corrected chi connectivity index (χ0v) is 15.0. The summed E-state index contributed by atoms with van der Waals surface area (Å²) in [5.74, 6) is 1.32. The van der Waals surface area contributed by atoms with Gasteiger partial charge in [0.2, 0.25) is 11.6 Å². The quantitative estimate of drug-likeness (QED) is 0.724. The van der Waals surface area contributed by atoms with Crippen LogP contribution in [0.3, 0.4) is 0 Å². The van der Waals surface area contributed by atoms with Gasteiger partial charge in [-0.2, -0.15) is 0 Å². The summed E-state index contributed by atoms with van der Waals surface area (Å²) in [6.45, 7) is 5.52. The molecule has 0 spiro atoms. The van der Waals surface area contributed by atoms with Crippen LogP contribution in [0.25, 0.3) is 5.65 Å². The number of nitrogens with one attached hydrogen (secondary N) is 1. The van der Waals surface area contributed by atoms with Crippen LogP contribution in [0.1, 0.15) is 19.4 Å². The maximum Gasteiger partial charge on any atom is 0.414 e. The number of nitrogens with zero attached hydrogens (tertiary/aromatic N) is 5. The molecule has 0 saturated carbocycles. The van der Waals surface area contributed by atoms with Crippen molar-refractivity contribution in [2.45, 2.75) is 26.8 Å². The average molecular weight is 356 g/mol. The van der Waals surface area contributed by atoms with Crippen molar-refractivity contribution in [1.82, 2.24) is 19.6 Å². The van der Waals surface area contributed by atoms with E-state index in [0.717, 1.165) is 16.2 Å². The molecule has 3 aromatic rings. The van der Waals surface area contributed by atoms with Crippen molar-refractivity contribution in [2.24, 2.45) is 0 Å². The van der Waals surface area contributed by atoms with Crippen LogP contribution >= 0.6 is 0 Å². The number of aromatic nitrogens is 4. The number of carboxylic acid groups (broad SMARTS) is 1. The van der Waals surface area contributed by atoms with Gasteiger partial charge in [0.25, 0.3) is 0 Å². The molecule has 1 aromatic carbocycles. The number of fused-ring (bicyclic) bond motifs is 1. The van der Waals surface area contributed by atoms with Crippen molar-refractivity contribution in [3.63, 3.8) is 0 Å². The molecule has 9 nitrogen and oxygen atoms in total. The number of carbonyl (C=O) groups is 1. The minimum atomic E-state index is -1.10. The molecule has 0 bridgehead atoms. The SMILES string of the molecule is COc1ccc(C)cc1Nc1nccn2c(N(C(=O)O)C(C)C)nnc12. The first-order valence-electron chi connectivity index (χ1n) is 8.06. The van der Waals surface area contributed by atoms with Crippen molar-refractivity contribution in [3.8, 4) is 5.75 Å². The molecule has 0 aliphatic carbocycles. The number of hydrogen-bond acceptors (Lipinski definition) is 6. The zero-order valence-electron chi connectivity index (χ0n) is 15.0. The second-order valence-electron chi connectivity index (χ2n) is 6.04. The van der Waals surface area contributed by atoms with Crippen molar-refractivity contribution in [3.05, 3.63) is 36.2 Å². The van der Waals surface area contributed by atoms with Crippen LogP contribution < -0.4 is 15.0 Å². The summed E-state index contributed by atoms with van der Waals surface area (Å²) in [6.07, 6.45) is 2.09. The first-order valence-corrected chi connectivity index (χ1v) is 8.06. The van der Waals surface area contributed by atoms with Gasteiger partial charge in [-0.3, -0.25) is 4.40 Å². The van der Waals surface area contributed by atoms with E-state index in [1.807, 2.05) is 25.1 Å². The Morgan fingerprint density at radius 3 is 2.77 bits per heavy atom. The summed E-state index contributed by atoms with van der Waals surface area (Å²) in [5.41, 5.74) is 2.20. The van der Waals surface area contributed by atoms with E-state index < -0.39 is 6.09 Å². The minimum absolute atomic E-state index is 0.212. The summed E-state index contributed by atoms with van der Waals surface area (Å²) >= 11 is 0. The highest BCUT2D eigenvalue weighted by molar-refractivity contribution is 5.85. The number of methoxy groups -OCH3 is 1. The van der Waals surface area contributed by atoms with Crippen LogP contribution in [-0.4, -0.2) is 43.9 Å². The lowest BCUT2D eigenvalue weighted by Gasteiger charge is -2.20. The van der Waals surface area contributed by atoms with Crippen molar-refractivity contribution in [2.75, 3.05) is 17.3 Å². The van der Waals surface area contributed by atoms with Gasteiger partial charge in [0.1, 0.15) is 5.75 Å². The third-order valence-corrected chi connectivity index (χ3v) is 3.85. The second kappa shape index (κ2) is 6.87. The number of anilines is 3. The number of aryl methyl sites for hydroxylation is 1. The van der Waals surface area contributed by atoms with Gasteiger partial charge in [-0.1, -0.05) is 6.07 Å². The maximum absolute atomic E-state index is 11.6. The molecule has 0 aliphatic rings. The van der Waals surface area contributed by atoms with Gasteiger partial charge in [-0.05, 0) is 38.5 Å². The van der Waals surface area contributed by atoms with E-state index in [1.54, 1.807) is 37.8 Å².